The van der Waals surface area contributed by atoms with Crippen molar-refractivity contribution in [2.75, 3.05) is 26.1 Å². The Morgan fingerprint density at radius 1 is 1.23 bits per heavy atom. The molecular weight excluding hydrogens is 324 g/mol. The number of ether oxygens (including phenoxy) is 1. The van der Waals surface area contributed by atoms with Crippen molar-refractivity contribution in [2.24, 2.45) is 5.92 Å². The third-order valence-electron chi connectivity index (χ3n) is 5.58. The molecule has 3 rings (SSSR count). The molecule has 0 unspecified atom stereocenters. The molecule has 0 aromatic heterocycles. The minimum Gasteiger partial charge on any atom is -0.495 e. The number of allylic oxidation sites excluding steroid dienone is 1. The Bertz CT molecular complexity index is 713. The van der Waals surface area contributed by atoms with E-state index in [9.17, 15) is 4.79 Å². The fraction of sp³-hybridized carbons (Fsp3) is 0.591. The number of fused-ring (bicyclic) bond motifs is 1. The third kappa shape index (κ3) is 3.89. The first-order chi connectivity index (χ1) is 12.3. The summed E-state index contributed by atoms with van der Waals surface area (Å²) in [6.07, 6.45) is 8.45. The van der Waals surface area contributed by atoms with Gasteiger partial charge in [0.15, 0.2) is 5.78 Å². The number of rotatable bonds is 4. The molecule has 1 aliphatic carbocycles. The number of carbonyl (C=O) groups excluding carboxylic acids is 1. The van der Waals surface area contributed by atoms with Gasteiger partial charge in [0.05, 0.1) is 12.8 Å². The molecule has 0 radical (unpaired) electrons. The summed E-state index contributed by atoms with van der Waals surface area (Å²) in [5, 5.41) is 3.60. The second-order valence-corrected chi connectivity index (χ2v) is 8.56. The van der Waals surface area contributed by atoms with Crippen molar-refractivity contribution in [3.63, 3.8) is 0 Å². The summed E-state index contributed by atoms with van der Waals surface area (Å²) >= 11 is 0. The van der Waals surface area contributed by atoms with Crippen LogP contribution in [0.25, 0.3) is 5.70 Å². The molecule has 1 saturated carbocycles. The van der Waals surface area contributed by atoms with Crippen molar-refractivity contribution in [1.29, 1.82) is 0 Å². The fourth-order valence-electron chi connectivity index (χ4n) is 4.23. The molecule has 4 nitrogen and oxygen atoms in total. The zero-order chi connectivity index (χ0) is 18.9. The smallest absolute Gasteiger partial charge is 0.160 e. The first-order valence-electron chi connectivity index (χ1n) is 9.73. The van der Waals surface area contributed by atoms with Gasteiger partial charge >= 0.3 is 0 Å². The van der Waals surface area contributed by atoms with Crippen LogP contribution in [0.5, 0.6) is 5.75 Å². The van der Waals surface area contributed by atoms with Gasteiger partial charge in [-0.3, -0.25) is 4.79 Å². The van der Waals surface area contributed by atoms with Crippen LogP contribution in [0, 0.1) is 5.92 Å². The first kappa shape index (κ1) is 18.8. The van der Waals surface area contributed by atoms with Crippen LogP contribution in [0.3, 0.4) is 0 Å². The number of hydrogen-bond donors (Lipinski definition) is 1. The van der Waals surface area contributed by atoms with Crippen LogP contribution in [0.2, 0.25) is 0 Å². The standard InChI is InChI=1S/C22H32N2O2/c1-22(2)14-16-11-21(26-5)19(24(3)4)12-17(16)18(23-22)13-20(25)15-9-7-6-8-10-15/h11-13,15,23H,6-10,14H2,1-5H3/b18-13-. The lowest BCUT2D eigenvalue weighted by Gasteiger charge is -2.36. The number of carbonyl (C=O) groups is 1. The average Bonchev–Trinajstić information content (AvgIpc) is 2.60. The molecule has 0 atom stereocenters. The van der Waals surface area contributed by atoms with Gasteiger partial charge in [-0.25, -0.2) is 0 Å². The maximum atomic E-state index is 12.9. The number of methoxy groups -OCH3 is 1. The summed E-state index contributed by atoms with van der Waals surface area (Å²) in [6, 6.07) is 4.28. The molecule has 1 fully saturated rings. The molecule has 0 amide bonds. The zero-order valence-corrected chi connectivity index (χ0v) is 16.8. The number of nitrogens with one attached hydrogen (secondary N) is 1. The van der Waals surface area contributed by atoms with Crippen molar-refractivity contribution >= 4 is 17.2 Å². The number of anilines is 1. The summed E-state index contributed by atoms with van der Waals surface area (Å²) in [4.78, 5) is 14.9. The predicted molar refractivity (Wildman–Crippen MR) is 108 cm³/mol. The Hall–Kier alpha value is -1.97. The fourth-order valence-corrected chi connectivity index (χ4v) is 4.23. The lowest BCUT2D eigenvalue weighted by atomic mass is 9.83. The van der Waals surface area contributed by atoms with E-state index in [2.05, 4.69) is 36.2 Å². The topological polar surface area (TPSA) is 41.6 Å². The van der Waals surface area contributed by atoms with E-state index in [0.717, 1.165) is 42.0 Å². The van der Waals surface area contributed by atoms with E-state index in [4.69, 9.17) is 4.74 Å². The highest BCUT2D eigenvalue weighted by molar-refractivity contribution is 5.99. The van der Waals surface area contributed by atoms with Gasteiger partial charge in [0.2, 0.25) is 0 Å². The largest absolute Gasteiger partial charge is 0.495 e. The Morgan fingerprint density at radius 3 is 2.54 bits per heavy atom. The lowest BCUT2D eigenvalue weighted by Crippen LogP contribution is -2.44. The molecule has 1 N–H and O–H groups in total. The Balaban J connectivity index is 2.02. The number of ketones is 1. The SMILES string of the molecule is COc1cc2c(cc1N(C)C)/C(=C/C(=O)C1CCCCC1)NC(C)(C)C2. The van der Waals surface area contributed by atoms with E-state index in [1.807, 2.05) is 20.2 Å². The van der Waals surface area contributed by atoms with Crippen molar-refractivity contribution in [3.8, 4) is 5.75 Å². The number of benzene rings is 1. The number of nitrogens with zero attached hydrogens (tertiary/aromatic N) is 1. The summed E-state index contributed by atoms with van der Waals surface area (Å²) in [7, 11) is 5.74. The monoisotopic (exact) mass is 356 g/mol. The van der Waals surface area contributed by atoms with Gasteiger partial charge in [-0.2, -0.15) is 0 Å². The van der Waals surface area contributed by atoms with E-state index in [0.29, 0.717) is 0 Å². The molecule has 0 bridgehead atoms. The molecule has 1 heterocycles. The van der Waals surface area contributed by atoms with Gasteiger partial charge in [-0.15, -0.1) is 0 Å². The van der Waals surface area contributed by atoms with E-state index in [1.165, 1.54) is 24.8 Å². The molecule has 0 saturated heterocycles. The highest BCUT2D eigenvalue weighted by Gasteiger charge is 2.30. The molecular formula is C22H32N2O2. The molecule has 142 valence electrons. The molecule has 1 aliphatic heterocycles. The second kappa shape index (κ2) is 7.34. The maximum Gasteiger partial charge on any atom is 0.160 e. The van der Waals surface area contributed by atoms with Crippen LogP contribution >= 0.6 is 0 Å². The van der Waals surface area contributed by atoms with Gasteiger partial charge in [-0.05, 0) is 50.8 Å². The van der Waals surface area contributed by atoms with Gasteiger partial charge in [0, 0.05) is 42.9 Å². The maximum absolute atomic E-state index is 12.9. The predicted octanol–water partition coefficient (Wildman–Crippen LogP) is 4.18. The average molecular weight is 357 g/mol. The lowest BCUT2D eigenvalue weighted by molar-refractivity contribution is -0.119. The van der Waals surface area contributed by atoms with Crippen LogP contribution in [0.1, 0.15) is 57.1 Å². The normalized spacial score (nSPS) is 21.0. The summed E-state index contributed by atoms with van der Waals surface area (Å²) in [6.45, 7) is 4.36. The minimum atomic E-state index is -0.0870. The van der Waals surface area contributed by atoms with E-state index < -0.39 is 0 Å². The molecule has 26 heavy (non-hydrogen) atoms. The van der Waals surface area contributed by atoms with E-state index in [1.54, 1.807) is 7.11 Å². The Labute approximate surface area is 157 Å². The molecule has 4 heteroatoms. The van der Waals surface area contributed by atoms with Crippen molar-refractivity contribution in [2.45, 2.75) is 57.9 Å². The summed E-state index contributed by atoms with van der Waals surface area (Å²) in [5.41, 5.74) is 4.26. The Kier molecular flexibility index (Phi) is 5.31. The molecule has 0 spiro atoms. The van der Waals surface area contributed by atoms with Crippen molar-refractivity contribution < 1.29 is 9.53 Å². The highest BCUT2D eigenvalue weighted by Crippen LogP contribution is 2.38. The minimum absolute atomic E-state index is 0.0870. The van der Waals surface area contributed by atoms with Crippen molar-refractivity contribution in [3.05, 3.63) is 29.3 Å². The Morgan fingerprint density at radius 2 is 1.92 bits per heavy atom. The van der Waals surface area contributed by atoms with Crippen LogP contribution in [0.15, 0.2) is 18.2 Å². The van der Waals surface area contributed by atoms with Crippen LogP contribution in [-0.4, -0.2) is 32.5 Å². The molecule has 1 aromatic carbocycles. The first-order valence-corrected chi connectivity index (χ1v) is 9.73. The quantitative estimate of drug-likeness (QED) is 0.822. The van der Waals surface area contributed by atoms with Crippen molar-refractivity contribution in [1.82, 2.24) is 5.32 Å². The second-order valence-electron chi connectivity index (χ2n) is 8.56. The number of hydrogen-bond acceptors (Lipinski definition) is 4. The van der Waals surface area contributed by atoms with Gasteiger partial charge in [0.1, 0.15) is 5.75 Å². The molecule has 1 aromatic rings. The van der Waals surface area contributed by atoms with Gasteiger partial charge in [-0.1, -0.05) is 19.3 Å². The van der Waals surface area contributed by atoms with Gasteiger partial charge < -0.3 is 15.0 Å². The summed E-state index contributed by atoms with van der Waals surface area (Å²) < 4.78 is 5.60. The van der Waals surface area contributed by atoms with Crippen LogP contribution in [-0.2, 0) is 11.2 Å². The summed E-state index contributed by atoms with van der Waals surface area (Å²) in [5.74, 6) is 1.35. The van der Waals surface area contributed by atoms with E-state index >= 15 is 0 Å². The van der Waals surface area contributed by atoms with Gasteiger partial charge in [0.25, 0.3) is 0 Å². The highest BCUT2D eigenvalue weighted by atomic mass is 16.5. The third-order valence-corrected chi connectivity index (χ3v) is 5.58. The van der Waals surface area contributed by atoms with E-state index in [-0.39, 0.29) is 17.2 Å². The van der Waals surface area contributed by atoms with Crippen LogP contribution in [0.4, 0.5) is 5.69 Å². The van der Waals surface area contributed by atoms with Crippen LogP contribution < -0.4 is 15.0 Å². The zero-order valence-electron chi connectivity index (χ0n) is 16.8. The molecule has 2 aliphatic rings.